The smallest absolute Gasteiger partial charge is 0.286 e. The largest absolute Gasteiger partial charge is 0.453 e. The van der Waals surface area contributed by atoms with Crippen LogP contribution in [-0.4, -0.2) is 43.6 Å². The van der Waals surface area contributed by atoms with E-state index in [1.807, 2.05) is 0 Å². The van der Waals surface area contributed by atoms with Gasteiger partial charge in [-0.25, -0.2) is 0 Å². The second kappa shape index (κ2) is 8.96. The van der Waals surface area contributed by atoms with E-state index in [9.17, 15) is 4.79 Å². The zero-order valence-electron chi connectivity index (χ0n) is 13.8. The predicted octanol–water partition coefficient (Wildman–Crippen LogP) is 2.81. The molecule has 22 heavy (non-hydrogen) atoms. The summed E-state index contributed by atoms with van der Waals surface area (Å²) in [6, 6.07) is 4.18. The number of nitrogens with one attached hydrogen (secondary N) is 1. The minimum atomic E-state index is -0.145. The van der Waals surface area contributed by atoms with Crippen LogP contribution in [0.1, 0.15) is 55.3 Å². The van der Waals surface area contributed by atoms with Gasteiger partial charge in [-0.1, -0.05) is 6.42 Å². The highest BCUT2D eigenvalue weighted by atomic mass is 16.5. The summed E-state index contributed by atoms with van der Waals surface area (Å²) in [6.07, 6.45) is 6.13. The van der Waals surface area contributed by atoms with E-state index in [1.54, 1.807) is 19.2 Å². The summed E-state index contributed by atoms with van der Waals surface area (Å²) >= 11 is 0. The van der Waals surface area contributed by atoms with Crippen LogP contribution in [0, 0.1) is 0 Å². The number of nitrogens with zero attached hydrogens (tertiary/aromatic N) is 1. The Balaban J connectivity index is 1.60. The molecule has 1 saturated heterocycles. The summed E-state index contributed by atoms with van der Waals surface area (Å²) < 4.78 is 10.4. The van der Waals surface area contributed by atoms with Crippen LogP contribution in [0.2, 0.25) is 0 Å². The molecule has 0 aromatic carbocycles. The fraction of sp³-hybridized carbons (Fsp3) is 0.706. The fourth-order valence-electron chi connectivity index (χ4n) is 2.94. The van der Waals surface area contributed by atoms with Gasteiger partial charge >= 0.3 is 0 Å². The number of likely N-dealkylation sites (tertiary alicyclic amines) is 1. The average Bonchev–Trinajstić information content (AvgIpc) is 2.98. The minimum absolute atomic E-state index is 0.145. The first-order valence-corrected chi connectivity index (χ1v) is 8.30. The van der Waals surface area contributed by atoms with Gasteiger partial charge in [-0.3, -0.25) is 4.79 Å². The van der Waals surface area contributed by atoms with Crippen LogP contribution in [0.5, 0.6) is 0 Å². The molecule has 1 unspecified atom stereocenters. The summed E-state index contributed by atoms with van der Waals surface area (Å²) in [5.74, 6) is 0.886. The van der Waals surface area contributed by atoms with Crippen molar-refractivity contribution < 1.29 is 13.9 Å². The van der Waals surface area contributed by atoms with Crippen molar-refractivity contribution in [2.24, 2.45) is 0 Å². The molecule has 2 rings (SSSR count). The van der Waals surface area contributed by atoms with Crippen molar-refractivity contribution in [2.45, 2.75) is 51.7 Å². The van der Waals surface area contributed by atoms with Crippen LogP contribution in [0.3, 0.4) is 0 Å². The van der Waals surface area contributed by atoms with Crippen molar-refractivity contribution in [3.8, 4) is 0 Å². The fourth-order valence-corrected chi connectivity index (χ4v) is 2.94. The summed E-state index contributed by atoms with van der Waals surface area (Å²) in [4.78, 5) is 14.5. The molecule has 1 aromatic rings. The van der Waals surface area contributed by atoms with Gasteiger partial charge in [0.05, 0.1) is 0 Å². The number of unbranched alkanes of at least 4 members (excludes halogenated alkanes) is 1. The van der Waals surface area contributed by atoms with Crippen molar-refractivity contribution in [3.63, 3.8) is 0 Å². The van der Waals surface area contributed by atoms with Crippen molar-refractivity contribution in [3.05, 3.63) is 23.7 Å². The monoisotopic (exact) mass is 308 g/mol. The number of hydrogen-bond donors (Lipinski definition) is 1. The zero-order chi connectivity index (χ0) is 15.8. The number of methoxy groups -OCH3 is 1. The van der Waals surface area contributed by atoms with Crippen molar-refractivity contribution in [1.82, 2.24) is 10.2 Å². The van der Waals surface area contributed by atoms with Gasteiger partial charge in [0, 0.05) is 19.7 Å². The van der Waals surface area contributed by atoms with Gasteiger partial charge in [0.2, 0.25) is 0 Å². The number of furan rings is 1. The molecule has 0 spiro atoms. The first kappa shape index (κ1) is 17.0. The Hall–Kier alpha value is -1.33. The maximum absolute atomic E-state index is 11.9. The minimum Gasteiger partial charge on any atom is -0.453 e. The molecular weight excluding hydrogens is 280 g/mol. The highest BCUT2D eigenvalue weighted by molar-refractivity contribution is 5.91. The van der Waals surface area contributed by atoms with E-state index < -0.39 is 0 Å². The zero-order valence-corrected chi connectivity index (χ0v) is 13.8. The van der Waals surface area contributed by atoms with Crippen LogP contribution in [0.4, 0.5) is 0 Å². The third kappa shape index (κ3) is 5.14. The summed E-state index contributed by atoms with van der Waals surface area (Å²) in [7, 11) is 1.60. The van der Waals surface area contributed by atoms with E-state index in [4.69, 9.17) is 9.15 Å². The Morgan fingerprint density at radius 1 is 1.41 bits per heavy atom. The number of rotatable bonds is 8. The lowest BCUT2D eigenvalue weighted by Gasteiger charge is -2.33. The molecule has 1 atom stereocenters. The Bertz CT molecular complexity index is 459. The maximum atomic E-state index is 11.9. The SMILES string of the molecule is COCc1ccc(C(=O)NCCCCN2CCCCC2C)o1. The van der Waals surface area contributed by atoms with Gasteiger partial charge in [-0.15, -0.1) is 0 Å². The Morgan fingerprint density at radius 2 is 2.27 bits per heavy atom. The molecule has 5 heteroatoms. The standard InChI is InChI=1S/C17H28N2O3/c1-14-7-3-5-11-19(14)12-6-4-10-18-17(20)16-9-8-15(22-16)13-21-2/h8-9,14H,3-7,10-13H2,1-2H3,(H,18,20). The molecule has 5 nitrogen and oxygen atoms in total. The highest BCUT2D eigenvalue weighted by Crippen LogP contribution is 2.16. The van der Waals surface area contributed by atoms with Crippen LogP contribution in [-0.2, 0) is 11.3 Å². The molecule has 124 valence electrons. The molecule has 1 aliphatic heterocycles. The number of carbonyl (C=O) groups is 1. The van der Waals surface area contributed by atoms with E-state index >= 15 is 0 Å². The van der Waals surface area contributed by atoms with Gasteiger partial charge in [0.1, 0.15) is 12.4 Å². The molecule has 0 saturated carbocycles. The lowest BCUT2D eigenvalue weighted by Crippen LogP contribution is -2.38. The summed E-state index contributed by atoms with van der Waals surface area (Å²) in [6.45, 7) is 5.76. The van der Waals surface area contributed by atoms with Crippen LogP contribution >= 0.6 is 0 Å². The Labute approximate surface area is 133 Å². The number of ether oxygens (including phenoxy) is 1. The highest BCUT2D eigenvalue weighted by Gasteiger charge is 2.17. The van der Waals surface area contributed by atoms with Crippen molar-refractivity contribution in [1.29, 1.82) is 0 Å². The molecule has 0 radical (unpaired) electrons. The molecule has 0 bridgehead atoms. The molecule has 1 N–H and O–H groups in total. The van der Waals surface area contributed by atoms with Crippen LogP contribution < -0.4 is 5.32 Å². The third-order valence-electron chi connectivity index (χ3n) is 4.27. The molecule has 0 aliphatic carbocycles. The number of piperidine rings is 1. The quantitative estimate of drug-likeness (QED) is 0.750. The molecule has 1 aromatic heterocycles. The second-order valence-electron chi connectivity index (χ2n) is 6.04. The third-order valence-corrected chi connectivity index (χ3v) is 4.27. The lowest BCUT2D eigenvalue weighted by molar-refractivity contribution is 0.0915. The summed E-state index contributed by atoms with van der Waals surface area (Å²) in [5.41, 5.74) is 0. The van der Waals surface area contributed by atoms with Gasteiger partial charge < -0.3 is 19.4 Å². The predicted molar refractivity (Wildman–Crippen MR) is 85.9 cm³/mol. The van der Waals surface area contributed by atoms with Crippen molar-refractivity contribution >= 4 is 5.91 Å². The molecule has 1 amide bonds. The van der Waals surface area contributed by atoms with Crippen LogP contribution in [0.25, 0.3) is 0 Å². The van der Waals surface area contributed by atoms with E-state index in [-0.39, 0.29) is 5.91 Å². The topological polar surface area (TPSA) is 54.7 Å². The van der Waals surface area contributed by atoms with E-state index in [0.717, 1.165) is 19.4 Å². The van der Waals surface area contributed by atoms with Gasteiger partial charge in [0.25, 0.3) is 5.91 Å². The average molecular weight is 308 g/mol. The summed E-state index contributed by atoms with van der Waals surface area (Å²) in [5, 5.41) is 2.91. The molecule has 1 aliphatic rings. The van der Waals surface area contributed by atoms with Gasteiger partial charge in [0.15, 0.2) is 5.76 Å². The van der Waals surface area contributed by atoms with E-state index in [1.165, 1.54) is 25.8 Å². The maximum Gasteiger partial charge on any atom is 0.286 e. The normalized spacial score (nSPS) is 19.3. The van der Waals surface area contributed by atoms with Gasteiger partial charge in [-0.2, -0.15) is 0 Å². The van der Waals surface area contributed by atoms with Crippen molar-refractivity contribution in [2.75, 3.05) is 26.7 Å². The first-order chi connectivity index (χ1) is 10.7. The number of hydrogen-bond acceptors (Lipinski definition) is 4. The first-order valence-electron chi connectivity index (χ1n) is 8.30. The number of amides is 1. The molecular formula is C17H28N2O3. The van der Waals surface area contributed by atoms with E-state index in [0.29, 0.717) is 30.7 Å². The van der Waals surface area contributed by atoms with Crippen LogP contribution in [0.15, 0.2) is 16.5 Å². The Morgan fingerprint density at radius 3 is 3.05 bits per heavy atom. The van der Waals surface area contributed by atoms with E-state index in [2.05, 4.69) is 17.1 Å². The number of carbonyl (C=O) groups excluding carboxylic acids is 1. The Kier molecular flexibility index (Phi) is 6.93. The lowest BCUT2D eigenvalue weighted by atomic mass is 10.0. The molecule has 2 heterocycles. The molecule has 1 fully saturated rings. The second-order valence-corrected chi connectivity index (χ2v) is 6.04. The van der Waals surface area contributed by atoms with Gasteiger partial charge in [-0.05, 0) is 57.8 Å².